The van der Waals surface area contributed by atoms with Gasteiger partial charge in [0.05, 0.1) is 18.0 Å². The minimum atomic E-state index is -4.60. The largest absolute Gasteiger partial charge is 0.451 e. The summed E-state index contributed by atoms with van der Waals surface area (Å²) in [4.78, 5) is 24.2. The fourth-order valence-corrected chi connectivity index (χ4v) is 4.45. The number of sulfonamides is 1. The molecule has 10 nitrogen and oxygen atoms in total. The molecule has 35 heavy (non-hydrogen) atoms. The van der Waals surface area contributed by atoms with E-state index in [4.69, 9.17) is 21.5 Å². The van der Waals surface area contributed by atoms with Crippen LogP contribution in [0.5, 0.6) is 11.5 Å². The highest BCUT2D eigenvalue weighted by Crippen LogP contribution is 2.31. The molecule has 2 aromatic rings. The standard InChI is InChI=1S/C21H25ClF2N4O6S/c1-3-27(12-19(29)25-2)8-9-28(13-20(30)26-31)35(32,33)16-10-17(23)21(18(24)11-16)34-15-6-4-14(22)5-7-15/h4-7,10-11,31H,3,8-9,12-13H2,1-2H3,(H,25,29)(H,26,30). The van der Waals surface area contributed by atoms with Gasteiger partial charge < -0.3 is 10.1 Å². The van der Waals surface area contributed by atoms with Crippen LogP contribution < -0.4 is 15.5 Å². The van der Waals surface area contributed by atoms with Crippen LogP contribution in [0.2, 0.25) is 5.02 Å². The molecule has 192 valence electrons. The molecule has 0 saturated heterocycles. The van der Waals surface area contributed by atoms with Crippen LogP contribution in [-0.4, -0.2) is 74.4 Å². The number of nitrogens with one attached hydrogen (secondary N) is 2. The van der Waals surface area contributed by atoms with E-state index < -0.39 is 44.8 Å². The van der Waals surface area contributed by atoms with Crippen LogP contribution >= 0.6 is 11.6 Å². The molecule has 0 aliphatic carbocycles. The van der Waals surface area contributed by atoms with Gasteiger partial charge in [0.15, 0.2) is 17.4 Å². The summed E-state index contributed by atoms with van der Waals surface area (Å²) in [5, 5.41) is 11.7. The SMILES string of the molecule is CCN(CCN(CC(=O)NO)S(=O)(=O)c1cc(F)c(Oc2ccc(Cl)cc2)c(F)c1)CC(=O)NC. The van der Waals surface area contributed by atoms with Gasteiger partial charge in [-0.05, 0) is 42.9 Å². The van der Waals surface area contributed by atoms with Gasteiger partial charge in [0.2, 0.25) is 15.9 Å². The molecule has 0 aliphatic rings. The van der Waals surface area contributed by atoms with E-state index in [0.717, 1.165) is 0 Å². The molecule has 0 unspecified atom stereocenters. The normalized spacial score (nSPS) is 11.5. The molecule has 0 atom stereocenters. The minimum Gasteiger partial charge on any atom is -0.451 e. The average Bonchev–Trinajstić information content (AvgIpc) is 2.83. The Balaban J connectivity index is 2.33. The molecule has 0 bridgehead atoms. The number of rotatable bonds is 12. The number of hydrogen-bond acceptors (Lipinski definition) is 7. The van der Waals surface area contributed by atoms with Crippen LogP contribution in [0.4, 0.5) is 8.78 Å². The van der Waals surface area contributed by atoms with Crippen molar-refractivity contribution in [2.75, 3.05) is 39.8 Å². The fraction of sp³-hybridized carbons (Fsp3) is 0.333. The molecule has 0 spiro atoms. The topological polar surface area (TPSA) is 128 Å². The first-order chi connectivity index (χ1) is 16.5. The molecule has 0 aromatic heterocycles. The summed E-state index contributed by atoms with van der Waals surface area (Å²) in [5.74, 6) is -4.71. The second kappa shape index (κ2) is 12.7. The predicted octanol–water partition coefficient (Wildman–Crippen LogP) is 1.97. The van der Waals surface area contributed by atoms with Crippen LogP contribution in [0, 0.1) is 11.6 Å². The number of carbonyl (C=O) groups is 2. The molecule has 0 radical (unpaired) electrons. The first kappa shape index (κ1) is 28.4. The van der Waals surface area contributed by atoms with Crippen molar-refractivity contribution in [2.24, 2.45) is 0 Å². The van der Waals surface area contributed by atoms with Crippen molar-refractivity contribution in [3.63, 3.8) is 0 Å². The summed E-state index contributed by atoms with van der Waals surface area (Å²) < 4.78 is 61.5. The molecular formula is C21H25ClF2N4O6S. The van der Waals surface area contributed by atoms with E-state index in [9.17, 15) is 26.8 Å². The molecule has 0 heterocycles. The molecule has 0 saturated carbocycles. The lowest BCUT2D eigenvalue weighted by molar-refractivity contribution is -0.129. The highest BCUT2D eigenvalue weighted by atomic mass is 35.5. The maximum Gasteiger partial charge on any atom is 0.258 e. The highest BCUT2D eigenvalue weighted by molar-refractivity contribution is 7.89. The van der Waals surface area contributed by atoms with E-state index in [1.807, 2.05) is 0 Å². The Labute approximate surface area is 206 Å². The van der Waals surface area contributed by atoms with Crippen molar-refractivity contribution < 1.29 is 36.7 Å². The third-order valence-corrected chi connectivity index (χ3v) is 6.92. The third-order valence-electron chi connectivity index (χ3n) is 4.85. The smallest absolute Gasteiger partial charge is 0.258 e. The lowest BCUT2D eigenvalue weighted by Crippen LogP contribution is -2.45. The molecule has 2 aromatic carbocycles. The van der Waals surface area contributed by atoms with E-state index >= 15 is 0 Å². The van der Waals surface area contributed by atoms with Crippen molar-refractivity contribution in [3.05, 3.63) is 53.1 Å². The molecular weight excluding hydrogens is 510 g/mol. The first-order valence-corrected chi connectivity index (χ1v) is 12.1. The van der Waals surface area contributed by atoms with E-state index in [0.29, 0.717) is 28.0 Å². The van der Waals surface area contributed by atoms with Gasteiger partial charge in [0, 0.05) is 25.2 Å². The maximum atomic E-state index is 14.7. The monoisotopic (exact) mass is 534 g/mol. The van der Waals surface area contributed by atoms with E-state index in [2.05, 4.69) is 5.32 Å². The lowest BCUT2D eigenvalue weighted by Gasteiger charge is -2.25. The van der Waals surface area contributed by atoms with Crippen molar-refractivity contribution >= 4 is 33.4 Å². The van der Waals surface area contributed by atoms with Crippen molar-refractivity contribution in [1.82, 2.24) is 20.0 Å². The highest BCUT2D eigenvalue weighted by Gasteiger charge is 2.30. The molecule has 2 rings (SSSR count). The summed E-state index contributed by atoms with van der Waals surface area (Å²) >= 11 is 5.77. The Bertz CT molecular complexity index is 1130. The van der Waals surface area contributed by atoms with Gasteiger partial charge in [-0.25, -0.2) is 22.7 Å². The average molecular weight is 535 g/mol. The Morgan fingerprint density at radius 1 is 1.06 bits per heavy atom. The summed E-state index contributed by atoms with van der Waals surface area (Å²) in [6, 6.07) is 6.77. The Morgan fingerprint density at radius 2 is 1.66 bits per heavy atom. The van der Waals surface area contributed by atoms with Crippen LogP contribution in [0.25, 0.3) is 0 Å². The Hall–Kier alpha value is -2.84. The first-order valence-electron chi connectivity index (χ1n) is 10.3. The molecule has 3 N–H and O–H groups in total. The zero-order valence-corrected chi connectivity index (χ0v) is 20.5. The van der Waals surface area contributed by atoms with Gasteiger partial charge in [-0.3, -0.25) is 19.7 Å². The van der Waals surface area contributed by atoms with Gasteiger partial charge >= 0.3 is 0 Å². The van der Waals surface area contributed by atoms with Crippen molar-refractivity contribution in [1.29, 1.82) is 0 Å². The molecule has 14 heteroatoms. The van der Waals surface area contributed by atoms with E-state index in [-0.39, 0.29) is 31.3 Å². The van der Waals surface area contributed by atoms with Gasteiger partial charge in [0.25, 0.3) is 5.91 Å². The maximum absolute atomic E-state index is 14.7. The number of nitrogens with zero attached hydrogens (tertiary/aromatic N) is 2. The lowest BCUT2D eigenvalue weighted by atomic mass is 10.3. The van der Waals surface area contributed by atoms with Crippen LogP contribution in [0.15, 0.2) is 41.3 Å². The van der Waals surface area contributed by atoms with E-state index in [1.165, 1.54) is 36.8 Å². The van der Waals surface area contributed by atoms with Crippen LogP contribution in [-0.2, 0) is 19.6 Å². The number of hydroxylamine groups is 1. The molecule has 0 fully saturated rings. The summed E-state index contributed by atoms with van der Waals surface area (Å²) in [7, 11) is -3.16. The zero-order chi connectivity index (χ0) is 26.2. The zero-order valence-electron chi connectivity index (χ0n) is 18.9. The van der Waals surface area contributed by atoms with Crippen molar-refractivity contribution in [2.45, 2.75) is 11.8 Å². The fourth-order valence-electron chi connectivity index (χ4n) is 2.92. The van der Waals surface area contributed by atoms with Crippen LogP contribution in [0.1, 0.15) is 6.92 Å². The number of likely N-dealkylation sites (N-methyl/N-ethyl adjacent to an activating group) is 2. The minimum absolute atomic E-state index is 0.0184. The molecule has 0 aliphatic heterocycles. The third kappa shape index (κ3) is 7.83. The summed E-state index contributed by atoms with van der Waals surface area (Å²) in [5.41, 5.74) is 1.32. The molecule has 2 amide bonds. The Kier molecular flexibility index (Phi) is 10.3. The number of carbonyl (C=O) groups excluding carboxylic acids is 2. The van der Waals surface area contributed by atoms with Gasteiger partial charge in [-0.2, -0.15) is 4.31 Å². The quantitative estimate of drug-likeness (QED) is 0.280. The Morgan fingerprint density at radius 3 is 2.17 bits per heavy atom. The number of halogens is 3. The number of ether oxygens (including phenoxy) is 1. The van der Waals surface area contributed by atoms with Gasteiger partial charge in [-0.15, -0.1) is 0 Å². The second-order valence-corrected chi connectivity index (χ2v) is 9.56. The number of hydrogen-bond donors (Lipinski definition) is 3. The summed E-state index contributed by atoms with van der Waals surface area (Å²) in [6.45, 7) is 0.965. The van der Waals surface area contributed by atoms with Gasteiger partial charge in [-0.1, -0.05) is 18.5 Å². The number of benzene rings is 2. The van der Waals surface area contributed by atoms with Gasteiger partial charge in [0.1, 0.15) is 5.75 Å². The predicted molar refractivity (Wildman–Crippen MR) is 123 cm³/mol. The van der Waals surface area contributed by atoms with Crippen molar-refractivity contribution in [3.8, 4) is 11.5 Å². The summed E-state index contributed by atoms with van der Waals surface area (Å²) in [6.07, 6.45) is 0. The second-order valence-electron chi connectivity index (χ2n) is 7.19. The van der Waals surface area contributed by atoms with Crippen LogP contribution in [0.3, 0.4) is 0 Å². The van der Waals surface area contributed by atoms with E-state index in [1.54, 1.807) is 11.8 Å². The number of amides is 2.